The molecule has 0 aromatic carbocycles. The first kappa shape index (κ1) is 14.7. The zero-order valence-electron chi connectivity index (χ0n) is 13.0. The van der Waals surface area contributed by atoms with E-state index in [1.807, 2.05) is 27.7 Å². The molecule has 0 radical (unpaired) electrons. The van der Waals surface area contributed by atoms with Crippen molar-refractivity contribution >= 4 is 18.5 Å². The van der Waals surface area contributed by atoms with Gasteiger partial charge in [-0.15, -0.1) is 0 Å². The Labute approximate surface area is 125 Å². The molecule has 7 heteroatoms. The molecule has 0 saturated carbocycles. The van der Waals surface area contributed by atoms with Crippen LogP contribution in [0.25, 0.3) is 0 Å². The fourth-order valence-corrected chi connectivity index (χ4v) is 2.34. The van der Waals surface area contributed by atoms with Crippen molar-refractivity contribution in [2.24, 2.45) is 0 Å². The van der Waals surface area contributed by atoms with E-state index >= 15 is 0 Å². The Balaban J connectivity index is 1.67. The third-order valence-corrected chi connectivity index (χ3v) is 4.46. The van der Waals surface area contributed by atoms with Crippen LogP contribution in [0, 0.1) is 0 Å². The lowest BCUT2D eigenvalue weighted by molar-refractivity contribution is 0.00578. The Kier molecular flexibility index (Phi) is 3.67. The number of nitrogens with zero attached hydrogens (tertiary/aromatic N) is 2. The summed E-state index contributed by atoms with van der Waals surface area (Å²) in [6, 6.07) is 0.299. The first-order chi connectivity index (χ1) is 9.87. The zero-order valence-corrected chi connectivity index (χ0v) is 13.0. The lowest BCUT2D eigenvalue weighted by atomic mass is 9.81. The van der Waals surface area contributed by atoms with Crippen LogP contribution < -0.4 is 10.8 Å². The van der Waals surface area contributed by atoms with Crippen molar-refractivity contribution in [1.29, 1.82) is 0 Å². The predicted molar refractivity (Wildman–Crippen MR) is 80.6 cm³/mol. The lowest BCUT2D eigenvalue weighted by Crippen LogP contribution is -2.41. The number of rotatable bonds is 3. The van der Waals surface area contributed by atoms with Crippen molar-refractivity contribution in [3.63, 3.8) is 0 Å². The highest BCUT2D eigenvalue weighted by atomic mass is 16.7. The van der Waals surface area contributed by atoms with Crippen LogP contribution in [-0.4, -0.2) is 47.5 Å². The maximum Gasteiger partial charge on any atom is 0.498 e. The molecule has 0 amide bonds. The van der Waals surface area contributed by atoms with Gasteiger partial charge in [0.2, 0.25) is 5.95 Å². The third kappa shape index (κ3) is 2.91. The van der Waals surface area contributed by atoms with Gasteiger partial charge in [-0.1, -0.05) is 0 Å². The fourth-order valence-electron chi connectivity index (χ4n) is 2.34. The normalized spacial score (nSPS) is 27.0. The van der Waals surface area contributed by atoms with Crippen molar-refractivity contribution in [2.75, 3.05) is 18.5 Å². The number of hydrogen-bond acceptors (Lipinski definition) is 6. The molecule has 0 bridgehead atoms. The summed E-state index contributed by atoms with van der Waals surface area (Å²) in [7, 11) is -0.418. The van der Waals surface area contributed by atoms with Gasteiger partial charge in [-0.25, -0.2) is 9.97 Å². The fraction of sp³-hybridized carbons (Fsp3) is 0.714. The monoisotopic (exact) mass is 291 g/mol. The average Bonchev–Trinajstić information content (AvgIpc) is 2.97. The molecular formula is C14H22BN3O3. The molecule has 1 aromatic rings. The highest BCUT2D eigenvalue weighted by Gasteiger charge is 2.51. The maximum absolute atomic E-state index is 5.98. The number of anilines is 1. The summed E-state index contributed by atoms with van der Waals surface area (Å²) in [6.45, 7) is 9.63. The van der Waals surface area contributed by atoms with Gasteiger partial charge >= 0.3 is 7.12 Å². The summed E-state index contributed by atoms with van der Waals surface area (Å²) in [6.07, 6.45) is 4.50. The molecule has 3 heterocycles. The summed E-state index contributed by atoms with van der Waals surface area (Å²) in [5.41, 5.74) is 0.132. The van der Waals surface area contributed by atoms with E-state index in [0.717, 1.165) is 18.5 Å². The van der Waals surface area contributed by atoms with Gasteiger partial charge in [0.25, 0.3) is 0 Å². The smallest absolute Gasteiger partial charge is 0.399 e. The zero-order chi connectivity index (χ0) is 15.1. The van der Waals surface area contributed by atoms with Crippen LogP contribution in [0.5, 0.6) is 0 Å². The van der Waals surface area contributed by atoms with Gasteiger partial charge in [-0.3, -0.25) is 0 Å². The van der Waals surface area contributed by atoms with Crippen LogP contribution >= 0.6 is 0 Å². The van der Waals surface area contributed by atoms with E-state index < -0.39 is 7.12 Å². The van der Waals surface area contributed by atoms with Gasteiger partial charge in [0.1, 0.15) is 0 Å². The second-order valence-electron chi connectivity index (χ2n) is 6.63. The molecule has 21 heavy (non-hydrogen) atoms. The van der Waals surface area contributed by atoms with E-state index in [9.17, 15) is 0 Å². The second kappa shape index (κ2) is 5.23. The van der Waals surface area contributed by atoms with Crippen molar-refractivity contribution in [2.45, 2.75) is 51.4 Å². The minimum Gasteiger partial charge on any atom is -0.399 e. The molecule has 1 N–H and O–H groups in total. The predicted octanol–water partition coefficient (Wildman–Crippen LogP) is 0.977. The van der Waals surface area contributed by atoms with Gasteiger partial charge in [0.05, 0.1) is 23.9 Å². The maximum atomic E-state index is 5.98. The van der Waals surface area contributed by atoms with Crippen LogP contribution in [0.2, 0.25) is 0 Å². The number of ether oxygens (including phenoxy) is 1. The molecule has 1 atom stereocenters. The Morgan fingerprint density at radius 1 is 1.14 bits per heavy atom. The molecule has 2 saturated heterocycles. The molecule has 1 unspecified atom stereocenters. The molecule has 6 nitrogen and oxygen atoms in total. The van der Waals surface area contributed by atoms with Gasteiger partial charge < -0.3 is 19.4 Å². The van der Waals surface area contributed by atoms with Gasteiger partial charge in [0.15, 0.2) is 0 Å². The Morgan fingerprint density at radius 2 is 1.76 bits per heavy atom. The molecule has 2 aliphatic rings. The summed E-state index contributed by atoms with van der Waals surface area (Å²) >= 11 is 0. The summed E-state index contributed by atoms with van der Waals surface area (Å²) in [4.78, 5) is 8.69. The standard InChI is InChI=1S/C14H22BN3O3/c1-13(2)14(3,4)21-15(20-13)10-7-16-12(17-8-10)18-11-5-6-19-9-11/h7-8,11H,5-6,9H2,1-4H3,(H,16,17,18). The largest absolute Gasteiger partial charge is 0.498 e. The summed E-state index contributed by atoms with van der Waals surface area (Å²) in [5, 5.41) is 3.26. The van der Waals surface area contributed by atoms with Gasteiger partial charge in [-0.2, -0.15) is 0 Å². The first-order valence-electron chi connectivity index (χ1n) is 7.39. The SMILES string of the molecule is CC1(C)OB(c2cnc(NC3CCOC3)nc2)OC1(C)C. The first-order valence-corrected chi connectivity index (χ1v) is 7.39. The van der Waals surface area contributed by atoms with E-state index in [1.54, 1.807) is 12.4 Å². The van der Waals surface area contributed by atoms with Crippen molar-refractivity contribution in [1.82, 2.24) is 9.97 Å². The highest BCUT2D eigenvalue weighted by Crippen LogP contribution is 2.36. The van der Waals surface area contributed by atoms with Crippen LogP contribution in [0.15, 0.2) is 12.4 Å². The van der Waals surface area contributed by atoms with Crippen LogP contribution in [0.3, 0.4) is 0 Å². The van der Waals surface area contributed by atoms with E-state index in [1.165, 1.54) is 0 Å². The van der Waals surface area contributed by atoms with Crippen LogP contribution in [-0.2, 0) is 14.0 Å². The topological polar surface area (TPSA) is 65.5 Å². The van der Waals surface area contributed by atoms with Gasteiger partial charge in [0, 0.05) is 24.5 Å². The lowest BCUT2D eigenvalue weighted by Gasteiger charge is -2.32. The molecule has 2 fully saturated rings. The Bertz CT molecular complexity index is 485. The molecular weight excluding hydrogens is 269 g/mol. The minimum absolute atomic E-state index is 0.299. The van der Waals surface area contributed by atoms with E-state index in [-0.39, 0.29) is 11.2 Å². The Hall–Kier alpha value is -1.18. The molecule has 0 spiro atoms. The van der Waals surface area contributed by atoms with Crippen LogP contribution in [0.1, 0.15) is 34.1 Å². The second-order valence-corrected chi connectivity index (χ2v) is 6.63. The molecule has 114 valence electrons. The number of aromatic nitrogens is 2. The summed E-state index contributed by atoms with van der Waals surface area (Å²) in [5.74, 6) is 0.616. The van der Waals surface area contributed by atoms with Gasteiger partial charge in [-0.05, 0) is 34.1 Å². The Morgan fingerprint density at radius 3 is 2.29 bits per heavy atom. The molecule has 3 rings (SSSR count). The molecule has 0 aliphatic carbocycles. The molecule has 2 aliphatic heterocycles. The quantitative estimate of drug-likeness (QED) is 0.837. The molecule has 1 aromatic heterocycles. The van der Waals surface area contributed by atoms with Crippen molar-refractivity contribution < 1.29 is 14.0 Å². The van der Waals surface area contributed by atoms with E-state index in [2.05, 4.69) is 15.3 Å². The minimum atomic E-state index is -0.418. The van der Waals surface area contributed by atoms with Crippen LogP contribution in [0.4, 0.5) is 5.95 Å². The van der Waals surface area contributed by atoms with E-state index in [0.29, 0.717) is 18.6 Å². The number of nitrogens with one attached hydrogen (secondary N) is 1. The number of hydrogen-bond donors (Lipinski definition) is 1. The van der Waals surface area contributed by atoms with Crippen molar-refractivity contribution in [3.8, 4) is 0 Å². The van der Waals surface area contributed by atoms with Crippen molar-refractivity contribution in [3.05, 3.63) is 12.4 Å². The highest BCUT2D eigenvalue weighted by molar-refractivity contribution is 6.61. The summed E-state index contributed by atoms with van der Waals surface area (Å²) < 4.78 is 17.3. The average molecular weight is 291 g/mol. The third-order valence-electron chi connectivity index (χ3n) is 4.46. The van der Waals surface area contributed by atoms with E-state index in [4.69, 9.17) is 14.0 Å².